The van der Waals surface area contributed by atoms with Crippen LogP contribution in [-0.4, -0.2) is 31.4 Å². The van der Waals surface area contributed by atoms with Crippen LogP contribution in [0.3, 0.4) is 0 Å². The lowest BCUT2D eigenvalue weighted by molar-refractivity contribution is -0.140. The monoisotopic (exact) mass is 641 g/mol. The molecular weight excluding hydrogens is 609 g/mol. The predicted octanol–water partition coefficient (Wildman–Crippen LogP) is 8.14. The van der Waals surface area contributed by atoms with Gasteiger partial charge in [-0.15, -0.1) is 22.9 Å². The van der Waals surface area contributed by atoms with Crippen molar-refractivity contribution in [3.63, 3.8) is 0 Å². The van der Waals surface area contributed by atoms with Crippen LogP contribution in [0.15, 0.2) is 72.1 Å². The number of benzene rings is 3. The van der Waals surface area contributed by atoms with E-state index >= 15 is 0 Å². The van der Waals surface area contributed by atoms with Crippen LogP contribution in [0.1, 0.15) is 47.4 Å². The van der Waals surface area contributed by atoms with Gasteiger partial charge in [-0.3, -0.25) is 18.6 Å². The summed E-state index contributed by atoms with van der Waals surface area (Å²) in [5.41, 5.74) is 4.24. The number of ether oxygens (including phenoxy) is 1. The van der Waals surface area contributed by atoms with Gasteiger partial charge in [0.25, 0.3) is 0 Å². The number of anilines is 1. The molecule has 43 heavy (non-hydrogen) atoms. The summed E-state index contributed by atoms with van der Waals surface area (Å²) in [6.45, 7) is 2.43. The molecule has 226 valence electrons. The average Bonchev–Trinajstić information content (AvgIpc) is 3.60. The second kappa shape index (κ2) is 14.1. The minimum Gasteiger partial charge on any atom is -0.469 e. The normalized spacial score (nSPS) is 14.6. The first kappa shape index (κ1) is 31.2. The largest absolute Gasteiger partial charge is 0.530 e. The van der Waals surface area contributed by atoms with E-state index in [2.05, 4.69) is 0 Å². The van der Waals surface area contributed by atoms with Gasteiger partial charge in [-0.05, 0) is 41.0 Å². The number of halogens is 1. The minimum absolute atomic E-state index is 0.0174. The van der Waals surface area contributed by atoms with Gasteiger partial charge in [0.2, 0.25) is 5.91 Å². The summed E-state index contributed by atoms with van der Waals surface area (Å²) in [4.78, 5) is 26.7. The highest BCUT2D eigenvalue weighted by atomic mass is 35.5. The molecule has 0 aliphatic carbocycles. The maximum absolute atomic E-state index is 14.2. The van der Waals surface area contributed by atoms with E-state index in [1.807, 2.05) is 73.0 Å². The number of hydrogen-bond acceptors (Lipinski definition) is 8. The van der Waals surface area contributed by atoms with Crippen LogP contribution in [-0.2, 0) is 41.2 Å². The summed E-state index contributed by atoms with van der Waals surface area (Å²) >= 11 is 7.89. The van der Waals surface area contributed by atoms with E-state index in [4.69, 9.17) is 29.9 Å². The summed E-state index contributed by atoms with van der Waals surface area (Å²) in [6, 6.07) is 20.5. The number of thiophene rings is 1. The molecule has 0 spiro atoms. The first-order valence-electron chi connectivity index (χ1n) is 14.0. The zero-order chi connectivity index (χ0) is 30.4. The van der Waals surface area contributed by atoms with E-state index in [9.17, 15) is 14.2 Å². The molecule has 0 bridgehead atoms. The molecule has 0 fully saturated rings. The zero-order valence-electron chi connectivity index (χ0n) is 24.0. The molecule has 1 aliphatic heterocycles. The first-order chi connectivity index (χ1) is 20.8. The average molecular weight is 642 g/mol. The third-order valence-electron chi connectivity index (χ3n) is 7.27. The van der Waals surface area contributed by atoms with Crippen molar-refractivity contribution in [2.75, 3.05) is 24.4 Å². The van der Waals surface area contributed by atoms with Crippen molar-refractivity contribution < 1.29 is 32.5 Å². The van der Waals surface area contributed by atoms with Gasteiger partial charge in [-0.1, -0.05) is 60.7 Å². The number of fused-ring (bicyclic) bond motifs is 3. The molecule has 0 saturated carbocycles. The highest BCUT2D eigenvalue weighted by Gasteiger charge is 2.37. The topological polar surface area (TPSA) is 91.4 Å². The molecule has 1 aliphatic rings. The number of aryl methyl sites for hydroxylation is 1. The van der Waals surface area contributed by atoms with Crippen molar-refractivity contribution in [3.8, 4) is 5.75 Å². The summed E-state index contributed by atoms with van der Waals surface area (Å²) in [7, 11) is -2.84. The summed E-state index contributed by atoms with van der Waals surface area (Å²) in [5.74, 6) is 0.0316. The van der Waals surface area contributed by atoms with Crippen LogP contribution in [0.4, 0.5) is 5.69 Å². The van der Waals surface area contributed by atoms with Crippen molar-refractivity contribution in [2.24, 2.45) is 0 Å². The van der Waals surface area contributed by atoms with Gasteiger partial charge in [0.1, 0.15) is 0 Å². The molecule has 8 nitrogen and oxygen atoms in total. The fraction of sp³-hybridized carbons (Fsp3) is 0.312. The number of hydrogen-bond donors (Lipinski definition) is 0. The van der Waals surface area contributed by atoms with Crippen LogP contribution in [0, 0.1) is 6.92 Å². The van der Waals surface area contributed by atoms with E-state index in [0.29, 0.717) is 30.3 Å². The van der Waals surface area contributed by atoms with Crippen LogP contribution in [0.25, 0.3) is 10.1 Å². The second-order valence-electron chi connectivity index (χ2n) is 10.3. The molecule has 0 radical (unpaired) electrons. The number of phosphoric acid groups is 1. The number of amides is 1. The Hall–Kier alpha value is -3.20. The number of carbonyl (C=O) groups is 2. The van der Waals surface area contributed by atoms with Crippen LogP contribution < -0.4 is 9.42 Å². The predicted molar refractivity (Wildman–Crippen MR) is 169 cm³/mol. The van der Waals surface area contributed by atoms with E-state index in [1.54, 1.807) is 11.0 Å². The molecule has 11 heteroatoms. The Kier molecular flexibility index (Phi) is 10.2. The van der Waals surface area contributed by atoms with Gasteiger partial charge >= 0.3 is 13.8 Å². The number of esters is 1. The minimum atomic E-state index is -4.16. The Labute approximate surface area is 260 Å². The van der Waals surface area contributed by atoms with Crippen molar-refractivity contribution in [1.29, 1.82) is 0 Å². The molecule has 1 amide bonds. The molecule has 2 heterocycles. The van der Waals surface area contributed by atoms with Crippen LogP contribution in [0.2, 0.25) is 0 Å². The fourth-order valence-electron chi connectivity index (χ4n) is 5.12. The number of phosphoric ester groups is 1. The van der Waals surface area contributed by atoms with Gasteiger partial charge in [0.05, 0.1) is 30.7 Å². The lowest BCUT2D eigenvalue weighted by atomic mass is 9.97. The summed E-state index contributed by atoms with van der Waals surface area (Å²) in [5, 5.41) is 2.93. The Balaban J connectivity index is 1.49. The van der Waals surface area contributed by atoms with Crippen molar-refractivity contribution >= 4 is 58.4 Å². The van der Waals surface area contributed by atoms with Gasteiger partial charge in [0, 0.05) is 42.6 Å². The Morgan fingerprint density at radius 2 is 1.63 bits per heavy atom. The summed E-state index contributed by atoms with van der Waals surface area (Å²) in [6.07, 6.45) is 0.681. The van der Waals surface area contributed by atoms with E-state index in [1.165, 1.54) is 18.4 Å². The van der Waals surface area contributed by atoms with Crippen LogP contribution in [0.5, 0.6) is 5.75 Å². The second-order valence-corrected chi connectivity index (χ2v) is 13.1. The third kappa shape index (κ3) is 7.31. The fourth-order valence-corrected chi connectivity index (χ4v) is 7.63. The molecule has 3 aromatic carbocycles. The smallest absolute Gasteiger partial charge is 0.469 e. The SMILES string of the molecule is COC(=O)CCCC(=O)N1C[C@@H](CCl)c2c1cc(OP(=O)(OCc1ccccc1)OCc1ccccc1)c1scc(C)c21. The quantitative estimate of drug-likeness (QED) is 0.0827. The molecule has 0 saturated heterocycles. The molecule has 1 aromatic heterocycles. The molecular formula is C32H33ClNO7PS. The van der Waals surface area contributed by atoms with Crippen LogP contribution >= 0.6 is 30.8 Å². The molecule has 0 unspecified atom stereocenters. The lowest BCUT2D eigenvalue weighted by Crippen LogP contribution is -2.30. The molecule has 1 atom stereocenters. The first-order valence-corrected chi connectivity index (χ1v) is 16.8. The third-order valence-corrected chi connectivity index (χ3v) is 10.1. The standard InChI is InChI=1S/C32H33ClNO7PS/c1-22-21-43-32-27(16-26-31(30(22)32)25(17-33)18-34(26)28(35)14-9-15-29(36)38-2)41-42(37,39-19-23-10-5-3-6-11-23)40-20-24-12-7-4-8-13-24/h3-8,10-13,16,21,25H,9,14-15,17-20H2,1-2H3/t25-/m1/s1. The highest BCUT2D eigenvalue weighted by Crippen LogP contribution is 2.56. The number of alkyl halides is 1. The van der Waals surface area contributed by atoms with Crippen molar-refractivity contribution in [2.45, 2.75) is 45.3 Å². The number of nitrogens with zero attached hydrogens (tertiary/aromatic N) is 1. The van der Waals surface area contributed by atoms with Gasteiger partial charge < -0.3 is 14.2 Å². The van der Waals surface area contributed by atoms with Gasteiger partial charge in [-0.25, -0.2) is 4.57 Å². The maximum atomic E-state index is 14.2. The Bertz CT molecular complexity index is 1580. The summed E-state index contributed by atoms with van der Waals surface area (Å²) < 4.78 is 37.7. The van der Waals surface area contributed by atoms with E-state index in [0.717, 1.165) is 32.3 Å². The molecule has 4 aromatic rings. The van der Waals surface area contributed by atoms with E-state index in [-0.39, 0.29) is 43.8 Å². The number of carbonyl (C=O) groups excluding carboxylic acids is 2. The van der Waals surface area contributed by atoms with Gasteiger partial charge in [0.15, 0.2) is 5.75 Å². The Morgan fingerprint density at radius 3 is 2.21 bits per heavy atom. The lowest BCUT2D eigenvalue weighted by Gasteiger charge is -2.22. The van der Waals surface area contributed by atoms with E-state index < -0.39 is 7.82 Å². The van der Waals surface area contributed by atoms with Gasteiger partial charge in [-0.2, -0.15) is 0 Å². The zero-order valence-corrected chi connectivity index (χ0v) is 26.5. The molecule has 5 rings (SSSR count). The Morgan fingerprint density at radius 1 is 1.00 bits per heavy atom. The number of methoxy groups -OCH3 is 1. The highest BCUT2D eigenvalue weighted by molar-refractivity contribution is 7.49. The number of rotatable bonds is 13. The maximum Gasteiger partial charge on any atom is 0.530 e. The molecule has 0 N–H and O–H groups in total. The van der Waals surface area contributed by atoms with Crippen molar-refractivity contribution in [3.05, 3.63) is 94.4 Å². The van der Waals surface area contributed by atoms with Crippen molar-refractivity contribution in [1.82, 2.24) is 0 Å².